The van der Waals surface area contributed by atoms with Gasteiger partial charge in [0.15, 0.2) is 0 Å². The van der Waals surface area contributed by atoms with Crippen LogP contribution >= 0.6 is 0 Å². The van der Waals surface area contributed by atoms with E-state index in [-0.39, 0.29) is 11.5 Å². The Kier molecular flexibility index (Phi) is 5.28. The van der Waals surface area contributed by atoms with Gasteiger partial charge >= 0.3 is 11.8 Å². The van der Waals surface area contributed by atoms with Gasteiger partial charge in [-0.25, -0.2) is 9.78 Å². The number of pyridine rings is 1. The van der Waals surface area contributed by atoms with Gasteiger partial charge in [0.05, 0.1) is 4.92 Å². The molecule has 0 spiro atoms. The monoisotopic (exact) mass is 297 g/mol. The third-order valence-electron chi connectivity index (χ3n) is 2.20. The van der Waals surface area contributed by atoms with Crippen molar-refractivity contribution in [3.05, 3.63) is 22.2 Å². The van der Waals surface area contributed by atoms with Gasteiger partial charge in [-0.2, -0.15) is 0 Å². The number of hydrogen-bond acceptors (Lipinski definition) is 7. The van der Waals surface area contributed by atoms with Crippen LogP contribution in [-0.2, 0) is 4.74 Å². The zero-order valence-electron chi connectivity index (χ0n) is 12.2. The van der Waals surface area contributed by atoms with E-state index >= 15 is 0 Å². The lowest BCUT2D eigenvalue weighted by Crippen LogP contribution is -2.35. The number of nitrogens with two attached hydrogens (primary N) is 1. The SMILES string of the molecule is CC(C)(C)OC(=O)NCCNc1ccc([N+](=O)[O-])c(N)n1. The molecule has 9 nitrogen and oxygen atoms in total. The van der Waals surface area contributed by atoms with Gasteiger partial charge in [0.2, 0.25) is 5.82 Å². The molecule has 0 unspecified atom stereocenters. The Morgan fingerprint density at radius 2 is 2.10 bits per heavy atom. The molecule has 1 aromatic rings. The van der Waals surface area contributed by atoms with Gasteiger partial charge in [0, 0.05) is 19.2 Å². The molecule has 0 saturated heterocycles. The maximum absolute atomic E-state index is 11.4. The maximum Gasteiger partial charge on any atom is 0.407 e. The number of carbonyl (C=O) groups excluding carboxylic acids is 1. The third kappa shape index (κ3) is 5.93. The summed E-state index contributed by atoms with van der Waals surface area (Å²) in [5, 5.41) is 16.0. The van der Waals surface area contributed by atoms with Gasteiger partial charge in [-0.15, -0.1) is 0 Å². The van der Waals surface area contributed by atoms with Gasteiger partial charge in [-0.1, -0.05) is 0 Å². The summed E-state index contributed by atoms with van der Waals surface area (Å²) in [4.78, 5) is 25.2. The molecular weight excluding hydrogens is 278 g/mol. The fourth-order valence-corrected chi connectivity index (χ4v) is 1.39. The van der Waals surface area contributed by atoms with E-state index in [2.05, 4.69) is 15.6 Å². The third-order valence-corrected chi connectivity index (χ3v) is 2.20. The molecule has 21 heavy (non-hydrogen) atoms. The molecule has 1 rings (SSSR count). The summed E-state index contributed by atoms with van der Waals surface area (Å²) < 4.78 is 5.06. The molecule has 0 radical (unpaired) electrons. The van der Waals surface area contributed by atoms with Crippen molar-refractivity contribution in [1.82, 2.24) is 10.3 Å². The predicted octanol–water partition coefficient (Wildman–Crippen LogP) is 1.51. The molecule has 0 aliphatic carbocycles. The zero-order valence-corrected chi connectivity index (χ0v) is 12.2. The van der Waals surface area contributed by atoms with E-state index in [0.29, 0.717) is 18.9 Å². The van der Waals surface area contributed by atoms with E-state index in [1.165, 1.54) is 12.1 Å². The molecule has 9 heteroatoms. The van der Waals surface area contributed by atoms with Crippen molar-refractivity contribution in [2.45, 2.75) is 26.4 Å². The first-order chi connectivity index (χ1) is 9.69. The highest BCUT2D eigenvalue weighted by atomic mass is 16.6. The minimum absolute atomic E-state index is 0.162. The van der Waals surface area contributed by atoms with Gasteiger partial charge < -0.3 is 21.1 Å². The molecule has 0 aromatic carbocycles. The van der Waals surface area contributed by atoms with Crippen molar-refractivity contribution in [3.63, 3.8) is 0 Å². The van der Waals surface area contributed by atoms with Crippen LogP contribution in [-0.4, -0.2) is 34.7 Å². The molecule has 116 valence electrons. The van der Waals surface area contributed by atoms with E-state index < -0.39 is 16.6 Å². The Balaban J connectivity index is 2.38. The zero-order chi connectivity index (χ0) is 16.0. The largest absolute Gasteiger partial charge is 0.444 e. The first-order valence-electron chi connectivity index (χ1n) is 6.30. The summed E-state index contributed by atoms with van der Waals surface area (Å²) in [6.45, 7) is 6.01. The number of rotatable bonds is 5. The summed E-state index contributed by atoms with van der Waals surface area (Å²) in [6, 6.07) is 2.72. The number of nitrogens with zero attached hydrogens (tertiary/aromatic N) is 2. The van der Waals surface area contributed by atoms with Crippen LogP contribution < -0.4 is 16.4 Å². The van der Waals surface area contributed by atoms with Crippen molar-refractivity contribution >= 4 is 23.4 Å². The number of aromatic nitrogens is 1. The quantitative estimate of drug-likeness (QED) is 0.426. The molecule has 1 aromatic heterocycles. The Morgan fingerprint density at radius 1 is 1.43 bits per heavy atom. The van der Waals surface area contributed by atoms with E-state index in [1.54, 1.807) is 20.8 Å². The van der Waals surface area contributed by atoms with E-state index in [0.717, 1.165) is 0 Å². The second kappa shape index (κ2) is 6.73. The second-order valence-electron chi connectivity index (χ2n) is 5.21. The van der Waals surface area contributed by atoms with Crippen molar-refractivity contribution in [3.8, 4) is 0 Å². The highest BCUT2D eigenvalue weighted by Gasteiger charge is 2.15. The molecule has 0 saturated carbocycles. The number of nitrogens with one attached hydrogen (secondary N) is 2. The van der Waals surface area contributed by atoms with Crippen LogP contribution in [0, 0.1) is 10.1 Å². The topological polar surface area (TPSA) is 132 Å². The molecule has 0 aliphatic rings. The summed E-state index contributed by atoms with van der Waals surface area (Å²) in [5.41, 5.74) is 4.67. The molecule has 0 aliphatic heterocycles. The number of nitrogen functional groups attached to an aromatic ring is 1. The maximum atomic E-state index is 11.4. The Hall–Kier alpha value is -2.58. The van der Waals surface area contributed by atoms with Gasteiger partial charge in [0.1, 0.15) is 11.4 Å². The minimum atomic E-state index is -0.601. The Labute approximate surface area is 122 Å². The van der Waals surface area contributed by atoms with Crippen LogP contribution in [0.3, 0.4) is 0 Å². The number of anilines is 2. The van der Waals surface area contributed by atoms with E-state index in [9.17, 15) is 14.9 Å². The number of nitro groups is 1. The lowest BCUT2D eigenvalue weighted by atomic mass is 10.2. The summed E-state index contributed by atoms with van der Waals surface area (Å²) in [6.07, 6.45) is -0.513. The number of hydrogen-bond donors (Lipinski definition) is 3. The number of amides is 1. The Bertz CT molecular complexity index is 527. The highest BCUT2D eigenvalue weighted by molar-refractivity contribution is 5.67. The molecule has 1 heterocycles. The van der Waals surface area contributed by atoms with Crippen LogP contribution in [0.25, 0.3) is 0 Å². The Morgan fingerprint density at radius 3 is 2.62 bits per heavy atom. The van der Waals surface area contributed by atoms with Gasteiger partial charge in [-0.3, -0.25) is 10.1 Å². The van der Waals surface area contributed by atoms with Crippen molar-refractivity contribution in [2.75, 3.05) is 24.1 Å². The molecule has 4 N–H and O–H groups in total. The van der Waals surface area contributed by atoms with Crippen molar-refractivity contribution < 1.29 is 14.5 Å². The normalized spacial score (nSPS) is 10.8. The van der Waals surface area contributed by atoms with Gasteiger partial charge in [0.25, 0.3) is 0 Å². The number of alkyl carbamates (subject to hydrolysis) is 1. The van der Waals surface area contributed by atoms with Crippen LogP contribution in [0.2, 0.25) is 0 Å². The molecule has 0 bridgehead atoms. The second-order valence-corrected chi connectivity index (χ2v) is 5.21. The molecule has 1 amide bonds. The fourth-order valence-electron chi connectivity index (χ4n) is 1.39. The first kappa shape index (κ1) is 16.5. The van der Waals surface area contributed by atoms with E-state index in [1.807, 2.05) is 0 Å². The minimum Gasteiger partial charge on any atom is -0.444 e. The number of ether oxygens (including phenoxy) is 1. The summed E-state index contributed by atoms with van der Waals surface area (Å²) in [5.74, 6) is 0.231. The molecule has 0 fully saturated rings. The smallest absolute Gasteiger partial charge is 0.407 e. The predicted molar refractivity (Wildman–Crippen MR) is 78.0 cm³/mol. The van der Waals surface area contributed by atoms with E-state index in [4.69, 9.17) is 10.5 Å². The van der Waals surface area contributed by atoms with Crippen LogP contribution in [0.15, 0.2) is 12.1 Å². The average molecular weight is 297 g/mol. The number of carbonyl (C=O) groups is 1. The van der Waals surface area contributed by atoms with Crippen LogP contribution in [0.5, 0.6) is 0 Å². The van der Waals surface area contributed by atoms with Crippen LogP contribution in [0.4, 0.5) is 22.1 Å². The van der Waals surface area contributed by atoms with Crippen molar-refractivity contribution in [2.24, 2.45) is 0 Å². The van der Waals surface area contributed by atoms with Gasteiger partial charge in [-0.05, 0) is 26.8 Å². The first-order valence-corrected chi connectivity index (χ1v) is 6.30. The van der Waals surface area contributed by atoms with Crippen LogP contribution in [0.1, 0.15) is 20.8 Å². The molecular formula is C12H19N5O4. The summed E-state index contributed by atoms with van der Waals surface area (Å²) in [7, 11) is 0. The highest BCUT2D eigenvalue weighted by Crippen LogP contribution is 2.20. The molecule has 0 atom stereocenters. The lowest BCUT2D eigenvalue weighted by Gasteiger charge is -2.19. The standard InChI is InChI=1S/C12H19N5O4/c1-12(2,3)21-11(18)15-7-6-14-9-5-4-8(17(19)20)10(13)16-9/h4-5H,6-7H2,1-3H3,(H,15,18)(H3,13,14,16). The lowest BCUT2D eigenvalue weighted by molar-refractivity contribution is -0.384. The fraction of sp³-hybridized carbons (Fsp3) is 0.500. The average Bonchev–Trinajstić information content (AvgIpc) is 2.32. The summed E-state index contributed by atoms with van der Waals surface area (Å²) >= 11 is 0. The van der Waals surface area contributed by atoms with Crippen molar-refractivity contribution in [1.29, 1.82) is 0 Å².